The summed E-state index contributed by atoms with van der Waals surface area (Å²) < 4.78 is 5.30. The Morgan fingerprint density at radius 3 is 2.71 bits per heavy atom. The highest BCUT2D eigenvalue weighted by Crippen LogP contribution is 2.22. The van der Waals surface area contributed by atoms with Crippen LogP contribution >= 0.6 is 0 Å². The minimum absolute atomic E-state index is 0.0574. The molecule has 1 amide bonds. The Bertz CT molecular complexity index is 527. The Labute approximate surface area is 126 Å². The number of rotatable bonds is 4. The van der Waals surface area contributed by atoms with Crippen LogP contribution in [0.4, 0.5) is 4.79 Å². The number of amides is 1. The minimum atomic E-state index is -0.190. The maximum absolute atomic E-state index is 11.3. The zero-order valence-electron chi connectivity index (χ0n) is 12.5. The van der Waals surface area contributed by atoms with Crippen LogP contribution in [-0.2, 0) is 4.74 Å². The number of hydrogen-bond acceptors (Lipinski definition) is 3. The lowest BCUT2D eigenvalue weighted by atomic mass is 9.99. The van der Waals surface area contributed by atoms with Gasteiger partial charge >= 0.3 is 6.09 Å². The summed E-state index contributed by atoms with van der Waals surface area (Å²) in [6, 6.07) is 10.6. The van der Waals surface area contributed by atoms with Gasteiger partial charge in [0.05, 0.1) is 6.54 Å². The Balaban J connectivity index is 1.48. The second kappa shape index (κ2) is 6.31. The molecule has 0 saturated carbocycles. The Kier molecular flexibility index (Phi) is 4.25. The quantitative estimate of drug-likeness (QED) is 0.853. The van der Waals surface area contributed by atoms with Crippen LogP contribution in [-0.4, -0.2) is 55.2 Å². The van der Waals surface area contributed by atoms with E-state index in [2.05, 4.69) is 41.3 Å². The molecule has 4 nitrogen and oxygen atoms in total. The lowest BCUT2D eigenvalue weighted by Crippen LogP contribution is -2.32. The molecule has 0 aromatic heterocycles. The normalized spacial score (nSPS) is 23.1. The van der Waals surface area contributed by atoms with E-state index in [4.69, 9.17) is 4.74 Å². The van der Waals surface area contributed by atoms with Crippen molar-refractivity contribution in [3.63, 3.8) is 0 Å². The third-order valence-corrected chi connectivity index (χ3v) is 4.26. The van der Waals surface area contributed by atoms with Crippen LogP contribution in [0.1, 0.15) is 18.4 Å². The van der Waals surface area contributed by atoms with Gasteiger partial charge in [0.2, 0.25) is 0 Å². The number of hydrogen-bond donors (Lipinski definition) is 0. The highest BCUT2D eigenvalue weighted by Gasteiger charge is 2.28. The van der Waals surface area contributed by atoms with Crippen molar-refractivity contribution in [2.24, 2.45) is 0 Å². The monoisotopic (exact) mass is 286 g/mol. The predicted octanol–water partition coefficient (Wildman–Crippen LogP) is 2.62. The van der Waals surface area contributed by atoms with Crippen molar-refractivity contribution in [3.05, 3.63) is 42.0 Å². The summed E-state index contributed by atoms with van der Waals surface area (Å²) in [4.78, 5) is 15.4. The van der Waals surface area contributed by atoms with E-state index in [1.807, 2.05) is 0 Å². The van der Waals surface area contributed by atoms with E-state index in [9.17, 15) is 4.79 Å². The van der Waals surface area contributed by atoms with E-state index in [1.54, 1.807) is 11.9 Å². The summed E-state index contributed by atoms with van der Waals surface area (Å²) >= 11 is 0. The average molecular weight is 286 g/mol. The molecule has 1 unspecified atom stereocenters. The molecule has 1 atom stereocenters. The summed E-state index contributed by atoms with van der Waals surface area (Å²) in [6.45, 7) is 3.78. The molecule has 1 aromatic carbocycles. The van der Waals surface area contributed by atoms with Crippen LogP contribution in [0.3, 0.4) is 0 Å². The van der Waals surface area contributed by atoms with Crippen molar-refractivity contribution in [2.75, 3.05) is 33.2 Å². The molecule has 0 spiro atoms. The maximum Gasteiger partial charge on any atom is 0.409 e. The molecule has 3 rings (SSSR count). The standard InChI is InChI=1S/C17H22N2O2/c1-18-13-16(21-17(18)20)9-12-19-10-7-15(8-11-19)14-5-3-2-4-6-14/h2-7,16H,8-13H2,1H3. The van der Waals surface area contributed by atoms with Gasteiger partial charge in [0, 0.05) is 26.7 Å². The molecule has 0 radical (unpaired) electrons. The van der Waals surface area contributed by atoms with Gasteiger partial charge in [-0.05, 0) is 24.0 Å². The predicted molar refractivity (Wildman–Crippen MR) is 83.0 cm³/mol. The number of benzene rings is 1. The van der Waals surface area contributed by atoms with E-state index in [1.165, 1.54) is 11.1 Å². The SMILES string of the molecule is CN1CC(CCN2CC=C(c3ccccc3)CC2)OC1=O. The van der Waals surface area contributed by atoms with Crippen molar-refractivity contribution in [3.8, 4) is 0 Å². The topological polar surface area (TPSA) is 32.8 Å². The first kappa shape index (κ1) is 14.1. The van der Waals surface area contributed by atoms with Crippen molar-refractivity contribution in [1.29, 1.82) is 0 Å². The molecule has 21 heavy (non-hydrogen) atoms. The van der Waals surface area contributed by atoms with E-state index in [0.29, 0.717) is 0 Å². The van der Waals surface area contributed by atoms with Gasteiger partial charge < -0.3 is 9.64 Å². The highest BCUT2D eigenvalue weighted by atomic mass is 16.6. The number of carbonyl (C=O) groups is 1. The summed E-state index contributed by atoms with van der Waals surface area (Å²) in [5.41, 5.74) is 2.78. The van der Waals surface area contributed by atoms with E-state index in [0.717, 1.165) is 39.0 Å². The molecule has 2 aliphatic rings. The zero-order chi connectivity index (χ0) is 14.7. The Hall–Kier alpha value is -1.81. The second-order valence-electron chi connectivity index (χ2n) is 5.82. The zero-order valence-corrected chi connectivity index (χ0v) is 12.5. The number of nitrogens with zero attached hydrogens (tertiary/aromatic N) is 2. The van der Waals surface area contributed by atoms with Gasteiger partial charge in [-0.2, -0.15) is 0 Å². The Morgan fingerprint density at radius 1 is 1.29 bits per heavy atom. The van der Waals surface area contributed by atoms with Crippen molar-refractivity contribution in [2.45, 2.75) is 18.9 Å². The van der Waals surface area contributed by atoms with Gasteiger partial charge in [-0.3, -0.25) is 4.90 Å². The van der Waals surface area contributed by atoms with Gasteiger partial charge in [0.25, 0.3) is 0 Å². The number of cyclic esters (lactones) is 1. The summed E-state index contributed by atoms with van der Waals surface area (Å²) in [5.74, 6) is 0. The van der Waals surface area contributed by atoms with E-state index < -0.39 is 0 Å². The second-order valence-corrected chi connectivity index (χ2v) is 5.82. The molecule has 2 aliphatic heterocycles. The molecule has 0 aliphatic carbocycles. The third kappa shape index (κ3) is 3.45. The van der Waals surface area contributed by atoms with Gasteiger partial charge in [-0.25, -0.2) is 4.79 Å². The molecular weight excluding hydrogens is 264 g/mol. The molecule has 1 aromatic rings. The minimum Gasteiger partial charge on any atom is -0.444 e. The van der Waals surface area contributed by atoms with Gasteiger partial charge in [0.15, 0.2) is 0 Å². The molecular formula is C17H22N2O2. The number of ether oxygens (including phenoxy) is 1. The van der Waals surface area contributed by atoms with Gasteiger partial charge in [0.1, 0.15) is 6.10 Å². The summed E-state index contributed by atoms with van der Waals surface area (Å²) in [6.07, 6.45) is 4.21. The third-order valence-electron chi connectivity index (χ3n) is 4.26. The van der Waals surface area contributed by atoms with Crippen LogP contribution in [0.2, 0.25) is 0 Å². The largest absolute Gasteiger partial charge is 0.444 e. The van der Waals surface area contributed by atoms with Crippen LogP contribution in [0.15, 0.2) is 36.4 Å². The van der Waals surface area contributed by atoms with Crippen molar-refractivity contribution < 1.29 is 9.53 Å². The van der Waals surface area contributed by atoms with E-state index in [-0.39, 0.29) is 12.2 Å². The lowest BCUT2D eigenvalue weighted by Gasteiger charge is -2.27. The average Bonchev–Trinajstić information content (AvgIpc) is 2.85. The van der Waals surface area contributed by atoms with Crippen molar-refractivity contribution in [1.82, 2.24) is 9.80 Å². The van der Waals surface area contributed by atoms with Crippen LogP contribution < -0.4 is 0 Å². The van der Waals surface area contributed by atoms with Crippen LogP contribution in [0.5, 0.6) is 0 Å². The van der Waals surface area contributed by atoms with Crippen molar-refractivity contribution >= 4 is 11.7 Å². The highest BCUT2D eigenvalue weighted by molar-refractivity contribution is 5.69. The molecule has 1 fully saturated rings. The fourth-order valence-electron chi connectivity index (χ4n) is 2.96. The number of likely N-dealkylation sites (N-methyl/N-ethyl adjacent to an activating group) is 1. The maximum atomic E-state index is 11.3. The van der Waals surface area contributed by atoms with Gasteiger partial charge in [-0.15, -0.1) is 0 Å². The first-order valence-electron chi connectivity index (χ1n) is 7.61. The fraction of sp³-hybridized carbons (Fsp3) is 0.471. The smallest absolute Gasteiger partial charge is 0.409 e. The summed E-state index contributed by atoms with van der Waals surface area (Å²) in [7, 11) is 1.79. The molecule has 2 heterocycles. The fourth-order valence-corrected chi connectivity index (χ4v) is 2.96. The summed E-state index contributed by atoms with van der Waals surface area (Å²) in [5, 5.41) is 0. The molecule has 112 valence electrons. The van der Waals surface area contributed by atoms with Crippen LogP contribution in [0.25, 0.3) is 5.57 Å². The molecule has 0 N–H and O–H groups in total. The first-order chi connectivity index (χ1) is 10.2. The Morgan fingerprint density at radius 2 is 2.10 bits per heavy atom. The number of carbonyl (C=O) groups excluding carboxylic acids is 1. The first-order valence-corrected chi connectivity index (χ1v) is 7.61. The van der Waals surface area contributed by atoms with E-state index >= 15 is 0 Å². The molecule has 4 heteroatoms. The van der Waals surface area contributed by atoms with Gasteiger partial charge in [-0.1, -0.05) is 36.4 Å². The molecule has 0 bridgehead atoms. The molecule has 1 saturated heterocycles. The van der Waals surface area contributed by atoms with Crippen LogP contribution in [0, 0.1) is 0 Å². The lowest BCUT2D eigenvalue weighted by molar-refractivity contribution is 0.123.